The Labute approximate surface area is 164 Å². The number of benzene rings is 2. The predicted molar refractivity (Wildman–Crippen MR) is 105 cm³/mol. The Balaban J connectivity index is 1.99. The van der Waals surface area contributed by atoms with Crippen LogP contribution in [0.15, 0.2) is 54.6 Å². The zero-order chi connectivity index (χ0) is 19.9. The summed E-state index contributed by atoms with van der Waals surface area (Å²) in [7, 11) is 0. The molecule has 0 saturated carbocycles. The summed E-state index contributed by atoms with van der Waals surface area (Å²) in [5.74, 6) is 0.675. The van der Waals surface area contributed by atoms with Crippen molar-refractivity contribution in [1.82, 2.24) is 5.32 Å². The SMILES string of the molecule is CC(C)(C)OC(=O)NC(Cc1cccc(OCc2ccccc2)c1)C(=O)Cl. The molecule has 0 aromatic heterocycles. The van der Waals surface area contributed by atoms with Crippen molar-refractivity contribution in [2.75, 3.05) is 0 Å². The average Bonchev–Trinajstić information content (AvgIpc) is 2.59. The number of carbonyl (C=O) groups is 2. The molecule has 0 aliphatic carbocycles. The molecule has 5 nitrogen and oxygen atoms in total. The van der Waals surface area contributed by atoms with Gasteiger partial charge in [0.25, 0.3) is 0 Å². The van der Waals surface area contributed by atoms with Crippen molar-refractivity contribution < 1.29 is 19.1 Å². The molecule has 2 aromatic carbocycles. The molecule has 27 heavy (non-hydrogen) atoms. The van der Waals surface area contributed by atoms with Gasteiger partial charge in [-0.3, -0.25) is 4.79 Å². The quantitative estimate of drug-likeness (QED) is 0.710. The molecule has 1 N–H and O–H groups in total. The summed E-state index contributed by atoms with van der Waals surface area (Å²) in [6, 6.07) is 16.3. The van der Waals surface area contributed by atoms with E-state index < -0.39 is 23.0 Å². The lowest BCUT2D eigenvalue weighted by molar-refractivity contribution is -0.113. The minimum absolute atomic E-state index is 0.240. The average molecular weight is 390 g/mol. The van der Waals surface area contributed by atoms with Gasteiger partial charge in [0.2, 0.25) is 5.24 Å². The number of hydrogen-bond donors (Lipinski definition) is 1. The van der Waals surface area contributed by atoms with Gasteiger partial charge < -0.3 is 14.8 Å². The van der Waals surface area contributed by atoms with E-state index in [0.29, 0.717) is 12.4 Å². The van der Waals surface area contributed by atoms with Gasteiger partial charge in [-0.25, -0.2) is 4.79 Å². The van der Waals surface area contributed by atoms with Crippen LogP contribution in [0.4, 0.5) is 4.79 Å². The molecule has 144 valence electrons. The molecule has 0 saturated heterocycles. The van der Waals surface area contributed by atoms with Crippen molar-refractivity contribution in [1.29, 1.82) is 0 Å². The van der Waals surface area contributed by atoms with E-state index in [9.17, 15) is 9.59 Å². The number of ether oxygens (including phenoxy) is 2. The third-order valence-corrected chi connectivity index (χ3v) is 3.81. The molecule has 1 atom stereocenters. The van der Waals surface area contributed by atoms with Crippen molar-refractivity contribution in [2.45, 2.75) is 45.4 Å². The van der Waals surface area contributed by atoms with E-state index in [1.54, 1.807) is 20.8 Å². The van der Waals surface area contributed by atoms with E-state index >= 15 is 0 Å². The number of nitrogens with one attached hydrogen (secondary N) is 1. The van der Waals surface area contributed by atoms with E-state index in [4.69, 9.17) is 21.1 Å². The van der Waals surface area contributed by atoms with Crippen molar-refractivity contribution in [3.05, 3.63) is 65.7 Å². The zero-order valence-corrected chi connectivity index (χ0v) is 16.5. The summed E-state index contributed by atoms with van der Waals surface area (Å²) in [5.41, 5.74) is 1.22. The molecule has 0 fully saturated rings. The van der Waals surface area contributed by atoms with Crippen LogP contribution < -0.4 is 10.1 Å². The van der Waals surface area contributed by atoms with Gasteiger partial charge in [-0.2, -0.15) is 0 Å². The summed E-state index contributed by atoms with van der Waals surface area (Å²) in [6.07, 6.45) is -0.442. The molecule has 0 aliphatic heterocycles. The molecular formula is C21H24ClNO4. The molecule has 0 aliphatic rings. The van der Waals surface area contributed by atoms with Crippen LogP contribution in [0, 0.1) is 0 Å². The van der Waals surface area contributed by atoms with E-state index in [1.807, 2.05) is 54.6 Å². The van der Waals surface area contributed by atoms with Crippen LogP contribution >= 0.6 is 11.6 Å². The topological polar surface area (TPSA) is 64.6 Å². The van der Waals surface area contributed by atoms with Crippen molar-refractivity contribution in [2.24, 2.45) is 0 Å². The standard InChI is InChI=1S/C21H24ClNO4/c1-21(2,3)27-20(25)23-18(19(22)24)13-16-10-7-11-17(12-16)26-14-15-8-5-4-6-9-15/h4-12,18H,13-14H2,1-3H3,(H,23,25). The number of rotatable bonds is 7. The van der Waals surface area contributed by atoms with Crippen LogP contribution in [0.1, 0.15) is 31.9 Å². The van der Waals surface area contributed by atoms with Crippen molar-refractivity contribution >= 4 is 22.9 Å². The third kappa shape index (κ3) is 7.71. The highest BCUT2D eigenvalue weighted by Gasteiger charge is 2.23. The predicted octanol–water partition coefficient (Wildman–Crippen LogP) is 4.47. The molecule has 0 spiro atoms. The van der Waals surface area contributed by atoms with Crippen molar-refractivity contribution in [3.63, 3.8) is 0 Å². The van der Waals surface area contributed by atoms with Gasteiger partial charge in [0, 0.05) is 6.42 Å². The van der Waals surface area contributed by atoms with Crippen LogP contribution in [-0.4, -0.2) is 23.0 Å². The van der Waals surface area contributed by atoms with Crippen LogP contribution in [0.5, 0.6) is 5.75 Å². The van der Waals surface area contributed by atoms with Crippen LogP contribution in [-0.2, 0) is 22.6 Å². The van der Waals surface area contributed by atoms with Crippen LogP contribution in [0.2, 0.25) is 0 Å². The maximum absolute atomic E-state index is 11.9. The molecule has 0 bridgehead atoms. The monoisotopic (exact) mass is 389 g/mol. The lowest BCUT2D eigenvalue weighted by Gasteiger charge is -2.22. The maximum atomic E-state index is 11.9. The Bertz CT molecular complexity index is 771. The molecule has 1 amide bonds. The summed E-state index contributed by atoms with van der Waals surface area (Å²) < 4.78 is 11.0. The molecular weight excluding hydrogens is 366 g/mol. The first kappa shape index (κ1) is 20.8. The minimum atomic E-state index is -0.883. The second-order valence-corrected chi connectivity index (χ2v) is 7.50. The van der Waals surface area contributed by atoms with Gasteiger partial charge in [0.05, 0.1) is 0 Å². The van der Waals surface area contributed by atoms with E-state index in [-0.39, 0.29) is 6.42 Å². The maximum Gasteiger partial charge on any atom is 0.408 e. The Kier molecular flexibility index (Phi) is 7.25. The van der Waals surface area contributed by atoms with E-state index in [2.05, 4.69) is 5.32 Å². The molecule has 0 heterocycles. The first-order valence-corrected chi connectivity index (χ1v) is 9.05. The van der Waals surface area contributed by atoms with Crippen molar-refractivity contribution in [3.8, 4) is 5.75 Å². The summed E-state index contributed by atoms with van der Waals surface area (Å²) in [5, 5.41) is 1.86. The molecule has 2 rings (SSSR count). The van der Waals surface area contributed by atoms with E-state index in [0.717, 1.165) is 11.1 Å². The number of halogens is 1. The van der Waals surface area contributed by atoms with E-state index in [1.165, 1.54) is 0 Å². The second-order valence-electron chi connectivity index (χ2n) is 7.13. The van der Waals surface area contributed by atoms with Gasteiger partial charge in [-0.05, 0) is 55.6 Å². The lowest BCUT2D eigenvalue weighted by Crippen LogP contribution is -2.43. The normalized spacial score (nSPS) is 12.1. The third-order valence-electron chi connectivity index (χ3n) is 3.55. The zero-order valence-electron chi connectivity index (χ0n) is 15.7. The number of hydrogen-bond acceptors (Lipinski definition) is 4. The van der Waals surface area contributed by atoms with Gasteiger partial charge in [-0.15, -0.1) is 0 Å². The lowest BCUT2D eigenvalue weighted by atomic mass is 10.1. The van der Waals surface area contributed by atoms with Crippen LogP contribution in [0.25, 0.3) is 0 Å². The highest BCUT2D eigenvalue weighted by atomic mass is 35.5. The fourth-order valence-corrected chi connectivity index (χ4v) is 2.51. The fourth-order valence-electron chi connectivity index (χ4n) is 2.38. The fraction of sp³-hybridized carbons (Fsp3) is 0.333. The largest absolute Gasteiger partial charge is 0.489 e. The van der Waals surface area contributed by atoms with Gasteiger partial charge in [0.15, 0.2) is 0 Å². The van der Waals surface area contributed by atoms with Gasteiger partial charge >= 0.3 is 6.09 Å². The Morgan fingerprint density at radius 2 is 1.70 bits per heavy atom. The first-order chi connectivity index (χ1) is 12.7. The Hall–Kier alpha value is -2.53. The number of amides is 1. The molecule has 1 unspecified atom stereocenters. The number of alkyl carbamates (subject to hydrolysis) is 1. The first-order valence-electron chi connectivity index (χ1n) is 8.67. The molecule has 6 heteroatoms. The molecule has 0 radical (unpaired) electrons. The van der Waals surface area contributed by atoms with Crippen LogP contribution in [0.3, 0.4) is 0 Å². The Morgan fingerprint density at radius 3 is 2.33 bits per heavy atom. The summed E-state index contributed by atoms with van der Waals surface area (Å²) in [4.78, 5) is 23.6. The van der Waals surface area contributed by atoms with Gasteiger partial charge in [-0.1, -0.05) is 42.5 Å². The smallest absolute Gasteiger partial charge is 0.408 e. The highest BCUT2D eigenvalue weighted by Crippen LogP contribution is 2.17. The Morgan fingerprint density at radius 1 is 1.04 bits per heavy atom. The highest BCUT2D eigenvalue weighted by molar-refractivity contribution is 6.64. The minimum Gasteiger partial charge on any atom is -0.489 e. The number of carbonyl (C=O) groups excluding carboxylic acids is 2. The van der Waals surface area contributed by atoms with Gasteiger partial charge in [0.1, 0.15) is 24.0 Å². The second kappa shape index (κ2) is 9.42. The summed E-state index contributed by atoms with van der Waals surface area (Å²) >= 11 is 5.65. The summed E-state index contributed by atoms with van der Waals surface area (Å²) in [6.45, 7) is 5.69. The molecule has 2 aromatic rings.